The summed E-state index contributed by atoms with van der Waals surface area (Å²) in [7, 11) is 9.54. The van der Waals surface area contributed by atoms with E-state index in [9.17, 15) is 0 Å². The molecule has 10 heteroatoms. The smallest absolute Gasteiger partial charge is 0.227 e. The van der Waals surface area contributed by atoms with Gasteiger partial charge < -0.3 is 26.0 Å². The molecule has 3 aromatic heterocycles. The van der Waals surface area contributed by atoms with Crippen LogP contribution in [0.2, 0.25) is 0 Å². The third kappa shape index (κ3) is 4.58. The number of pyridine rings is 1. The zero-order valence-corrected chi connectivity index (χ0v) is 19.7. The number of nitrogens with two attached hydrogens (primary N) is 1. The summed E-state index contributed by atoms with van der Waals surface area (Å²) in [5, 5.41) is 11.9. The SMILES string of the molecule is CNC1(CCN(C)C)C=C(OC)C(Nc2nccc(-c3cnc4c(cnn4C)c3)n2)=CC1N. The fourth-order valence-corrected chi connectivity index (χ4v) is 3.99. The van der Waals surface area contributed by atoms with Gasteiger partial charge in [-0.1, -0.05) is 0 Å². The first kappa shape index (κ1) is 22.8. The Labute approximate surface area is 193 Å². The molecule has 3 aromatic rings. The molecule has 2 unspecified atom stereocenters. The van der Waals surface area contributed by atoms with Crippen LogP contribution in [-0.4, -0.2) is 76.0 Å². The van der Waals surface area contributed by atoms with E-state index in [0.29, 0.717) is 11.7 Å². The van der Waals surface area contributed by atoms with Crippen LogP contribution in [-0.2, 0) is 11.8 Å². The highest BCUT2D eigenvalue weighted by molar-refractivity contribution is 5.80. The number of hydrogen-bond donors (Lipinski definition) is 3. The lowest BCUT2D eigenvalue weighted by atomic mass is 9.82. The number of nitrogens with one attached hydrogen (secondary N) is 2. The van der Waals surface area contributed by atoms with E-state index in [4.69, 9.17) is 10.5 Å². The third-order valence-corrected chi connectivity index (χ3v) is 6.02. The van der Waals surface area contributed by atoms with Gasteiger partial charge in [0.25, 0.3) is 0 Å². The van der Waals surface area contributed by atoms with Crippen molar-refractivity contribution in [2.24, 2.45) is 12.8 Å². The number of methoxy groups -OCH3 is 1. The molecule has 3 heterocycles. The Morgan fingerprint density at radius 1 is 1.27 bits per heavy atom. The van der Waals surface area contributed by atoms with Gasteiger partial charge in [0.2, 0.25) is 5.95 Å². The molecule has 0 fully saturated rings. The number of anilines is 1. The highest BCUT2D eigenvalue weighted by Gasteiger charge is 2.37. The maximum Gasteiger partial charge on any atom is 0.227 e. The number of rotatable bonds is 8. The standard InChI is InChI=1S/C23H31N9O/c1-25-23(7-9-31(2)3)12-19(33-5)18(11-20(23)24)30-22-26-8-6-17(29-22)15-10-16-14-28-32(4)21(16)27-13-15/h6,8,10-14,20,25H,7,9,24H2,1-5H3,(H,26,29,30). The zero-order chi connectivity index (χ0) is 23.6. The van der Waals surface area contributed by atoms with Crippen LogP contribution < -0.4 is 16.4 Å². The molecule has 2 atom stereocenters. The van der Waals surface area contributed by atoms with Gasteiger partial charge in [0, 0.05) is 36.4 Å². The van der Waals surface area contributed by atoms with Crippen LogP contribution in [0.5, 0.6) is 0 Å². The number of aromatic nitrogens is 5. The first-order valence-corrected chi connectivity index (χ1v) is 10.8. The van der Waals surface area contributed by atoms with E-state index in [-0.39, 0.29) is 6.04 Å². The molecule has 0 aromatic carbocycles. The van der Waals surface area contributed by atoms with Gasteiger partial charge in [0.1, 0.15) is 5.76 Å². The summed E-state index contributed by atoms with van der Waals surface area (Å²) >= 11 is 0. The van der Waals surface area contributed by atoms with Gasteiger partial charge >= 0.3 is 0 Å². The van der Waals surface area contributed by atoms with Crippen molar-refractivity contribution in [2.75, 3.05) is 40.1 Å². The second-order valence-electron chi connectivity index (χ2n) is 8.46. The molecule has 0 bridgehead atoms. The van der Waals surface area contributed by atoms with Crippen molar-refractivity contribution in [3.8, 4) is 11.3 Å². The molecule has 0 saturated carbocycles. The molecule has 1 aliphatic rings. The van der Waals surface area contributed by atoms with Crippen molar-refractivity contribution < 1.29 is 4.74 Å². The van der Waals surface area contributed by atoms with Gasteiger partial charge in [0.15, 0.2) is 5.65 Å². The summed E-state index contributed by atoms with van der Waals surface area (Å²) in [6.45, 7) is 0.888. The van der Waals surface area contributed by atoms with E-state index in [1.165, 1.54) is 0 Å². The lowest BCUT2D eigenvalue weighted by Crippen LogP contribution is -2.57. The summed E-state index contributed by atoms with van der Waals surface area (Å²) in [6, 6.07) is 3.61. The fourth-order valence-electron chi connectivity index (χ4n) is 3.99. The molecule has 174 valence electrons. The summed E-state index contributed by atoms with van der Waals surface area (Å²) in [5.74, 6) is 1.14. The van der Waals surface area contributed by atoms with Gasteiger partial charge in [-0.3, -0.25) is 4.68 Å². The molecule has 0 amide bonds. The Balaban J connectivity index is 1.59. The van der Waals surface area contributed by atoms with Gasteiger partial charge in [0.05, 0.1) is 30.2 Å². The van der Waals surface area contributed by atoms with E-state index >= 15 is 0 Å². The number of nitrogens with zero attached hydrogens (tertiary/aromatic N) is 6. The topological polar surface area (TPSA) is 119 Å². The molecule has 33 heavy (non-hydrogen) atoms. The number of aryl methyl sites for hydroxylation is 1. The molecule has 0 saturated heterocycles. The van der Waals surface area contributed by atoms with E-state index in [1.807, 2.05) is 52.5 Å². The van der Waals surface area contributed by atoms with E-state index in [2.05, 4.69) is 35.6 Å². The second-order valence-corrected chi connectivity index (χ2v) is 8.46. The van der Waals surface area contributed by atoms with E-state index in [1.54, 1.807) is 30.4 Å². The van der Waals surface area contributed by atoms with Crippen LogP contribution in [0.15, 0.2) is 54.3 Å². The largest absolute Gasteiger partial charge is 0.495 e. The average Bonchev–Trinajstić information content (AvgIpc) is 3.19. The fraction of sp³-hybridized carbons (Fsp3) is 0.391. The van der Waals surface area contributed by atoms with Crippen molar-refractivity contribution in [3.63, 3.8) is 0 Å². The summed E-state index contributed by atoms with van der Waals surface area (Å²) < 4.78 is 7.44. The normalized spacial score (nSPS) is 20.6. The molecule has 1 aliphatic carbocycles. The monoisotopic (exact) mass is 449 g/mol. The highest BCUT2D eigenvalue weighted by Crippen LogP contribution is 2.30. The minimum Gasteiger partial charge on any atom is -0.495 e. The first-order valence-electron chi connectivity index (χ1n) is 10.8. The zero-order valence-electron chi connectivity index (χ0n) is 19.7. The molecular formula is C23H31N9O. The quantitative estimate of drug-likeness (QED) is 0.470. The molecule has 4 N–H and O–H groups in total. The van der Waals surface area contributed by atoms with Crippen LogP contribution in [0.25, 0.3) is 22.3 Å². The minimum atomic E-state index is -0.408. The summed E-state index contributed by atoms with van der Waals surface area (Å²) in [4.78, 5) is 15.7. The van der Waals surface area contributed by atoms with Crippen molar-refractivity contribution in [1.29, 1.82) is 0 Å². The predicted molar refractivity (Wildman–Crippen MR) is 129 cm³/mol. The molecule has 10 nitrogen and oxygen atoms in total. The molecule has 0 radical (unpaired) electrons. The van der Waals surface area contributed by atoms with Gasteiger partial charge in [-0.15, -0.1) is 0 Å². The predicted octanol–water partition coefficient (Wildman–Crippen LogP) is 1.50. The Morgan fingerprint density at radius 2 is 2.09 bits per heavy atom. The van der Waals surface area contributed by atoms with Crippen molar-refractivity contribution >= 4 is 17.0 Å². The van der Waals surface area contributed by atoms with Crippen molar-refractivity contribution in [1.82, 2.24) is 34.9 Å². The average molecular weight is 450 g/mol. The lowest BCUT2D eigenvalue weighted by Gasteiger charge is -2.39. The van der Waals surface area contributed by atoms with Gasteiger partial charge in [-0.05, 0) is 58.4 Å². The number of ether oxygens (including phenoxy) is 1. The van der Waals surface area contributed by atoms with Gasteiger partial charge in [-0.25, -0.2) is 15.0 Å². The summed E-state index contributed by atoms with van der Waals surface area (Å²) in [6.07, 6.45) is 10.1. The Kier molecular flexibility index (Phi) is 6.41. The summed E-state index contributed by atoms with van der Waals surface area (Å²) in [5.41, 5.74) is 9.38. The molecule has 4 rings (SSSR count). The molecular weight excluding hydrogens is 418 g/mol. The maximum absolute atomic E-state index is 6.59. The molecule has 0 aliphatic heterocycles. The first-order chi connectivity index (χ1) is 15.8. The van der Waals surface area contributed by atoms with Gasteiger partial charge in [-0.2, -0.15) is 5.10 Å². The third-order valence-electron chi connectivity index (χ3n) is 6.02. The Bertz CT molecular complexity index is 1200. The highest BCUT2D eigenvalue weighted by atomic mass is 16.5. The number of fused-ring (bicyclic) bond motifs is 1. The van der Waals surface area contributed by atoms with Crippen LogP contribution in [0, 0.1) is 0 Å². The van der Waals surface area contributed by atoms with Crippen LogP contribution >= 0.6 is 0 Å². The van der Waals surface area contributed by atoms with E-state index in [0.717, 1.165) is 41.0 Å². The molecule has 0 spiro atoms. The van der Waals surface area contributed by atoms with Crippen molar-refractivity contribution in [3.05, 3.63) is 54.3 Å². The lowest BCUT2D eigenvalue weighted by molar-refractivity contribution is 0.260. The second kappa shape index (κ2) is 9.26. The van der Waals surface area contributed by atoms with Crippen LogP contribution in [0.3, 0.4) is 0 Å². The van der Waals surface area contributed by atoms with Crippen molar-refractivity contribution in [2.45, 2.75) is 18.0 Å². The Hall–Kier alpha value is -3.34. The maximum atomic E-state index is 6.59. The Morgan fingerprint density at radius 3 is 2.82 bits per heavy atom. The minimum absolute atomic E-state index is 0.260. The number of hydrogen-bond acceptors (Lipinski definition) is 9. The van der Waals surface area contributed by atoms with E-state index < -0.39 is 5.54 Å². The van der Waals surface area contributed by atoms with Crippen LogP contribution in [0.4, 0.5) is 5.95 Å². The number of likely N-dealkylation sites (N-methyl/N-ethyl adjacent to an activating group) is 1. The van der Waals surface area contributed by atoms with Crippen LogP contribution in [0.1, 0.15) is 6.42 Å².